The first kappa shape index (κ1) is 29.7. The Hall–Kier alpha value is 2.80. The van der Waals surface area contributed by atoms with Crippen LogP contribution < -0.4 is 86.6 Å². The van der Waals surface area contributed by atoms with Crippen LogP contribution in [0, 0.1) is 0 Å². The SMILES string of the molecule is O=P([O-])([O-])[O-].[IH2+].[IH2+].[IH2+].[O]=[Sb]([OH])([OH])[OH]. The fraction of sp³-hybridized carbons (Fsp3) is 0. The topological polar surface area (TPSA) is 164 Å². The molecule has 13 heavy (non-hydrogen) atoms. The molecule has 13 heteroatoms. The van der Waals surface area contributed by atoms with Gasteiger partial charge < -0.3 is 19.2 Å². The van der Waals surface area contributed by atoms with E-state index in [1.165, 1.54) is 0 Å². The van der Waals surface area contributed by atoms with Gasteiger partial charge in [-0.1, -0.05) is 0 Å². The van der Waals surface area contributed by atoms with Gasteiger partial charge in [0.2, 0.25) is 71.9 Å². The van der Waals surface area contributed by atoms with E-state index in [0.717, 1.165) is 0 Å². The summed E-state index contributed by atoms with van der Waals surface area (Å²) < 4.78 is 39.3. The second-order valence-corrected chi connectivity index (χ2v) is 4.78. The van der Waals surface area contributed by atoms with Gasteiger partial charge in [-0.25, -0.2) is 0 Å². The molecule has 0 saturated carbocycles. The van der Waals surface area contributed by atoms with Gasteiger partial charge in [-0.15, -0.1) is 0 Å². The molecule has 8 nitrogen and oxygen atoms in total. The Kier molecular flexibility index (Phi) is 29.4. The molecule has 0 unspecified atom stereocenters. The van der Waals surface area contributed by atoms with Crippen molar-refractivity contribution < 1.29 is 104 Å². The predicted octanol–water partition coefficient (Wildman–Crippen LogP) is -15.6. The van der Waals surface area contributed by atoms with Crippen LogP contribution >= 0.6 is 7.82 Å². The monoisotopic (exact) mass is 670 g/mol. The van der Waals surface area contributed by atoms with E-state index in [-0.39, 0.29) is 71.9 Å². The van der Waals surface area contributed by atoms with E-state index in [1.807, 2.05) is 0 Å². The van der Waals surface area contributed by atoms with E-state index in [9.17, 15) is 0 Å². The average Bonchev–Trinajstić information content (AvgIpc) is 1.12. The molecule has 0 aromatic heterocycles. The molecule has 0 atom stereocenters. The zero-order chi connectivity index (χ0) is 9.00. The molecular formula is H9I3O8PSb. The molecule has 0 fully saturated rings. The number of halogens is 3. The first-order valence-electron chi connectivity index (χ1n) is 1.51. The molecule has 0 bridgehead atoms. The molecule has 3 N–H and O–H groups in total. The zero-order valence-electron chi connectivity index (χ0n) is 5.62. The summed E-state index contributed by atoms with van der Waals surface area (Å²) in [7, 11) is -5.39. The average molecular weight is 671 g/mol. The van der Waals surface area contributed by atoms with Gasteiger partial charge in [0.05, 0.1) is 0 Å². The quantitative estimate of drug-likeness (QED) is 0.130. The third-order valence-corrected chi connectivity index (χ3v) is 0. The maximum absolute atomic E-state index is 8.97. The summed E-state index contributed by atoms with van der Waals surface area (Å²) in [5, 5.41) is 0. The number of hydrogen-bond donors (Lipinski definition) is 3. The van der Waals surface area contributed by atoms with Crippen molar-refractivity contribution in [1.29, 1.82) is 0 Å². The van der Waals surface area contributed by atoms with E-state index >= 15 is 0 Å². The second-order valence-electron chi connectivity index (χ2n) is 0.960. The van der Waals surface area contributed by atoms with Crippen molar-refractivity contribution in [2.24, 2.45) is 0 Å². The summed E-state index contributed by atoms with van der Waals surface area (Å²) in [5.41, 5.74) is 0. The first-order chi connectivity index (χ1) is 4.00. The Morgan fingerprint density at radius 3 is 0.923 bits per heavy atom. The van der Waals surface area contributed by atoms with Crippen molar-refractivity contribution in [3.63, 3.8) is 0 Å². The Balaban J connectivity index is -0.0000000267. The summed E-state index contributed by atoms with van der Waals surface area (Å²) >= 11 is -5.35. The molecule has 0 amide bonds. The van der Waals surface area contributed by atoms with Gasteiger partial charge in [-0.2, -0.15) is 7.82 Å². The molecule has 0 aliphatic carbocycles. The van der Waals surface area contributed by atoms with Gasteiger partial charge in [0.25, 0.3) is 0 Å². The Morgan fingerprint density at radius 2 is 0.923 bits per heavy atom. The van der Waals surface area contributed by atoms with Crippen LogP contribution in [0.2, 0.25) is 0 Å². The van der Waals surface area contributed by atoms with Crippen molar-refractivity contribution in [1.82, 2.24) is 0 Å². The van der Waals surface area contributed by atoms with Crippen molar-refractivity contribution in [3.05, 3.63) is 0 Å². The molecule has 88 valence electrons. The molecule has 0 radical (unpaired) electrons. The number of hydrogen-bond acceptors (Lipinski definition) is 5. The third kappa shape index (κ3) is 310. The van der Waals surface area contributed by atoms with Gasteiger partial charge in [0, 0.05) is 0 Å². The minimum absolute atomic E-state index is 0. The fourth-order valence-corrected chi connectivity index (χ4v) is 0. The first-order valence-corrected chi connectivity index (χ1v) is 7.44. The molecular weight excluding hydrogens is 661 g/mol. The van der Waals surface area contributed by atoms with Crippen LogP contribution in [0.5, 0.6) is 0 Å². The van der Waals surface area contributed by atoms with E-state index in [1.54, 1.807) is 0 Å². The molecule has 0 spiro atoms. The van der Waals surface area contributed by atoms with E-state index in [4.69, 9.17) is 32.4 Å². The Labute approximate surface area is 130 Å². The zero-order valence-corrected chi connectivity index (χ0v) is 16.7. The van der Waals surface area contributed by atoms with Crippen LogP contribution in [0.3, 0.4) is 0 Å². The predicted molar refractivity (Wildman–Crippen MR) is 29.1 cm³/mol. The van der Waals surface area contributed by atoms with Gasteiger partial charge in [0.15, 0.2) is 0 Å². The summed E-state index contributed by atoms with van der Waals surface area (Å²) in [6.45, 7) is 0. The van der Waals surface area contributed by atoms with Crippen LogP contribution in [0.25, 0.3) is 0 Å². The van der Waals surface area contributed by atoms with Crippen molar-refractivity contribution in [2.75, 3.05) is 0 Å². The van der Waals surface area contributed by atoms with Crippen molar-refractivity contribution in [2.45, 2.75) is 0 Å². The minimum atomic E-state index is -5.39. The van der Waals surface area contributed by atoms with Crippen LogP contribution in [-0.2, 0) is 7.58 Å². The van der Waals surface area contributed by atoms with E-state index < -0.39 is 27.9 Å². The van der Waals surface area contributed by atoms with Crippen LogP contribution in [0.1, 0.15) is 0 Å². The molecule has 0 heterocycles. The molecule has 0 saturated heterocycles. The number of rotatable bonds is 0. The third-order valence-electron chi connectivity index (χ3n) is 0. The standard InChI is InChI=1S/3H2I.H3O4P.3H2O.O.Sb/c;;;1-5(2,3)4;;;;;/h3*1H2;(H3,1,2,3,4);3*1H2;;/q3*+1;;;;;;+3/p-6. The van der Waals surface area contributed by atoms with Gasteiger partial charge >= 0.3 is 33.2 Å². The maximum atomic E-state index is 8.97. The summed E-state index contributed by atoms with van der Waals surface area (Å²) in [4.78, 5) is 25.6. The second kappa shape index (κ2) is 12.9. The van der Waals surface area contributed by atoms with Gasteiger partial charge in [0.1, 0.15) is 0 Å². The molecule has 0 aliphatic rings. The summed E-state index contributed by atoms with van der Waals surface area (Å²) in [6.07, 6.45) is 0. The van der Waals surface area contributed by atoms with Gasteiger partial charge in [-0.3, -0.25) is 0 Å². The molecule has 0 aliphatic heterocycles. The van der Waals surface area contributed by atoms with E-state index in [0.29, 0.717) is 0 Å². The number of phosphoric acid groups is 1. The van der Waals surface area contributed by atoms with Crippen molar-refractivity contribution >= 4 is 27.9 Å². The van der Waals surface area contributed by atoms with Crippen LogP contribution in [-0.4, -0.2) is 30.2 Å². The molecule has 0 aromatic rings. The van der Waals surface area contributed by atoms with E-state index in [2.05, 4.69) is 0 Å². The normalized spacial score (nSPS) is 9.08. The Bertz CT molecular complexity index is 132. The summed E-state index contributed by atoms with van der Waals surface area (Å²) in [5.74, 6) is 0. The fourth-order valence-electron chi connectivity index (χ4n) is 0. The van der Waals surface area contributed by atoms with Crippen molar-refractivity contribution in [3.8, 4) is 0 Å². The molecule has 0 aromatic carbocycles. The van der Waals surface area contributed by atoms with Crippen LogP contribution in [0.15, 0.2) is 0 Å². The van der Waals surface area contributed by atoms with Gasteiger partial charge in [-0.05, 0) is 0 Å². The van der Waals surface area contributed by atoms with Crippen LogP contribution in [0.4, 0.5) is 0 Å². The molecule has 0 rings (SSSR count). The summed E-state index contributed by atoms with van der Waals surface area (Å²) in [6, 6.07) is 0. The Morgan fingerprint density at radius 1 is 0.923 bits per heavy atom.